The lowest BCUT2D eigenvalue weighted by atomic mass is 10.1. The summed E-state index contributed by atoms with van der Waals surface area (Å²) in [7, 11) is 3.25. The van der Waals surface area contributed by atoms with Crippen LogP contribution in [0.15, 0.2) is 48.5 Å². The zero-order valence-electron chi connectivity index (χ0n) is 21.3. The largest absolute Gasteiger partial charge is 0.388 e. The molecule has 36 heavy (non-hydrogen) atoms. The molecule has 0 heterocycles. The SMILES string of the molecule is C#C.CCCN(CC(=O)Nc1cc(C(=O)CN)ccc1C)C(=O)[C@H](NC=O)c1ccccc1.COC. The first-order valence-electron chi connectivity index (χ1n) is 11.2. The summed E-state index contributed by atoms with van der Waals surface area (Å²) in [6, 6.07) is 12.9. The number of hydrogen-bond acceptors (Lipinski definition) is 6. The van der Waals surface area contributed by atoms with Gasteiger partial charge >= 0.3 is 0 Å². The third-order valence-electron chi connectivity index (χ3n) is 4.77. The van der Waals surface area contributed by atoms with Crippen LogP contribution in [-0.2, 0) is 19.1 Å². The molecular weight excluding hydrogens is 460 g/mol. The van der Waals surface area contributed by atoms with Crippen molar-refractivity contribution in [2.24, 2.45) is 5.73 Å². The van der Waals surface area contributed by atoms with Crippen molar-refractivity contribution >= 4 is 29.7 Å². The van der Waals surface area contributed by atoms with E-state index in [-0.39, 0.29) is 24.8 Å². The first-order chi connectivity index (χ1) is 17.3. The maximum atomic E-state index is 13.1. The number of rotatable bonds is 11. The van der Waals surface area contributed by atoms with Crippen molar-refractivity contribution in [2.75, 3.05) is 39.2 Å². The summed E-state index contributed by atoms with van der Waals surface area (Å²) in [6.45, 7) is 3.74. The number of carbonyl (C=O) groups excluding carboxylic acids is 4. The minimum Gasteiger partial charge on any atom is -0.388 e. The van der Waals surface area contributed by atoms with Crippen LogP contribution < -0.4 is 16.4 Å². The highest BCUT2D eigenvalue weighted by molar-refractivity contribution is 6.01. The van der Waals surface area contributed by atoms with Gasteiger partial charge in [-0.1, -0.05) is 49.4 Å². The second-order valence-electron chi connectivity index (χ2n) is 7.50. The van der Waals surface area contributed by atoms with Crippen LogP contribution in [0.4, 0.5) is 5.69 Å². The van der Waals surface area contributed by atoms with E-state index < -0.39 is 11.9 Å². The van der Waals surface area contributed by atoms with Crippen molar-refractivity contribution < 1.29 is 23.9 Å². The second kappa shape index (κ2) is 18.3. The number of carbonyl (C=O) groups is 4. The van der Waals surface area contributed by atoms with Crippen molar-refractivity contribution in [3.63, 3.8) is 0 Å². The molecule has 1 atom stereocenters. The fourth-order valence-electron chi connectivity index (χ4n) is 3.15. The molecule has 0 radical (unpaired) electrons. The van der Waals surface area contributed by atoms with Gasteiger partial charge < -0.3 is 26.0 Å². The number of benzene rings is 2. The van der Waals surface area contributed by atoms with Gasteiger partial charge in [-0.3, -0.25) is 19.2 Å². The first kappa shape index (κ1) is 32.0. The number of ether oxygens (including phenoxy) is 1. The van der Waals surface area contributed by atoms with E-state index >= 15 is 0 Å². The Kier molecular flexibility index (Phi) is 16.3. The normalized spacial score (nSPS) is 10.3. The lowest BCUT2D eigenvalue weighted by molar-refractivity contribution is -0.137. The lowest BCUT2D eigenvalue weighted by Gasteiger charge is -2.26. The average molecular weight is 497 g/mol. The number of anilines is 1. The highest BCUT2D eigenvalue weighted by Gasteiger charge is 2.26. The van der Waals surface area contributed by atoms with Crippen LogP contribution in [0.1, 0.15) is 40.9 Å². The van der Waals surface area contributed by atoms with Crippen LogP contribution >= 0.6 is 0 Å². The third-order valence-corrected chi connectivity index (χ3v) is 4.77. The number of methoxy groups -OCH3 is 1. The Bertz CT molecular complexity index is 992. The van der Waals surface area contributed by atoms with E-state index in [1.54, 1.807) is 63.6 Å². The minimum absolute atomic E-state index is 0.125. The molecule has 2 aromatic carbocycles. The van der Waals surface area contributed by atoms with Gasteiger partial charge in [0, 0.05) is 32.0 Å². The van der Waals surface area contributed by atoms with Crippen LogP contribution in [0.5, 0.6) is 0 Å². The fraction of sp³-hybridized carbons (Fsp3) is 0.333. The summed E-state index contributed by atoms with van der Waals surface area (Å²) in [5, 5.41) is 5.31. The number of nitrogens with two attached hydrogens (primary N) is 1. The Morgan fingerprint density at radius 1 is 1.11 bits per heavy atom. The topological polar surface area (TPSA) is 131 Å². The molecule has 4 N–H and O–H groups in total. The Labute approximate surface area is 213 Å². The molecule has 3 amide bonds. The van der Waals surface area contributed by atoms with Gasteiger partial charge in [0.05, 0.1) is 13.1 Å². The van der Waals surface area contributed by atoms with Gasteiger partial charge in [-0.05, 0) is 30.5 Å². The van der Waals surface area contributed by atoms with Crippen molar-refractivity contribution in [3.05, 3.63) is 65.2 Å². The van der Waals surface area contributed by atoms with E-state index in [2.05, 4.69) is 28.2 Å². The van der Waals surface area contributed by atoms with Crippen molar-refractivity contribution in [1.82, 2.24) is 10.2 Å². The monoisotopic (exact) mass is 496 g/mol. The van der Waals surface area contributed by atoms with Crippen LogP contribution in [-0.4, -0.2) is 62.8 Å². The molecule has 2 rings (SSSR count). The predicted molar refractivity (Wildman–Crippen MR) is 141 cm³/mol. The number of ketones is 1. The average Bonchev–Trinajstić information content (AvgIpc) is 2.89. The number of hydrogen-bond donors (Lipinski definition) is 3. The van der Waals surface area contributed by atoms with E-state index in [1.165, 1.54) is 4.90 Å². The Hall–Kier alpha value is -4.00. The number of aryl methyl sites for hydroxylation is 1. The molecule has 0 saturated heterocycles. The molecule has 0 unspecified atom stereocenters. The molecular formula is C27H36N4O5. The van der Waals surface area contributed by atoms with E-state index in [4.69, 9.17) is 5.73 Å². The molecule has 9 heteroatoms. The number of nitrogens with zero attached hydrogens (tertiary/aromatic N) is 1. The minimum atomic E-state index is -0.884. The van der Waals surface area contributed by atoms with Crippen LogP contribution in [0.25, 0.3) is 0 Å². The summed E-state index contributed by atoms with van der Waals surface area (Å²) in [5.74, 6) is -1.01. The summed E-state index contributed by atoms with van der Waals surface area (Å²) >= 11 is 0. The summed E-state index contributed by atoms with van der Waals surface area (Å²) in [5.41, 5.74) is 7.71. The Morgan fingerprint density at radius 2 is 1.72 bits per heavy atom. The maximum absolute atomic E-state index is 13.1. The van der Waals surface area contributed by atoms with E-state index in [9.17, 15) is 19.2 Å². The molecule has 2 aromatic rings. The van der Waals surface area contributed by atoms with E-state index in [1.807, 2.05) is 13.0 Å². The number of nitrogens with one attached hydrogen (secondary N) is 2. The molecule has 0 spiro atoms. The molecule has 9 nitrogen and oxygen atoms in total. The predicted octanol–water partition coefficient (Wildman–Crippen LogP) is 2.31. The molecule has 0 bridgehead atoms. The zero-order valence-corrected chi connectivity index (χ0v) is 21.3. The van der Waals surface area contributed by atoms with Gasteiger partial charge in [-0.2, -0.15) is 0 Å². The van der Waals surface area contributed by atoms with Crippen molar-refractivity contribution in [2.45, 2.75) is 26.3 Å². The lowest BCUT2D eigenvalue weighted by Crippen LogP contribution is -2.44. The second-order valence-corrected chi connectivity index (χ2v) is 7.50. The first-order valence-corrected chi connectivity index (χ1v) is 11.2. The highest BCUT2D eigenvalue weighted by atomic mass is 16.4. The number of terminal acetylenes is 1. The number of Topliss-reactive ketones (excluding diaryl/α,β-unsaturated/α-hetero) is 1. The van der Waals surface area contributed by atoms with Crippen LogP contribution in [0.2, 0.25) is 0 Å². The molecule has 0 aromatic heterocycles. The molecule has 0 saturated carbocycles. The van der Waals surface area contributed by atoms with Gasteiger partial charge in [-0.15, -0.1) is 12.8 Å². The quantitative estimate of drug-likeness (QED) is 0.249. The van der Waals surface area contributed by atoms with Crippen molar-refractivity contribution in [3.8, 4) is 12.8 Å². The van der Waals surface area contributed by atoms with Gasteiger partial charge in [0.2, 0.25) is 18.2 Å². The third kappa shape index (κ3) is 10.5. The Balaban J connectivity index is 0.00000227. The molecule has 0 fully saturated rings. The zero-order chi connectivity index (χ0) is 27.5. The molecule has 0 aliphatic rings. The van der Waals surface area contributed by atoms with Crippen LogP contribution in [0.3, 0.4) is 0 Å². The van der Waals surface area contributed by atoms with E-state index in [0.29, 0.717) is 36.2 Å². The summed E-state index contributed by atoms with van der Waals surface area (Å²) < 4.78 is 4.25. The standard InChI is InChI=1S/C23H28N4O4.C2H6O.C2H2/c1-3-11-27(23(31)22(25-15-28)17-7-5-4-6-8-17)14-21(30)26-19-12-18(20(29)13-24)10-9-16(19)2;1-3-2;1-2/h4-10,12,15,22H,3,11,13-14,24H2,1-2H3,(H,25,28)(H,26,30);1-2H3;1-2H/t22-;;/m1../s1. The molecule has 0 aliphatic carbocycles. The Morgan fingerprint density at radius 3 is 2.25 bits per heavy atom. The molecule has 194 valence electrons. The van der Waals surface area contributed by atoms with Gasteiger partial charge in [0.25, 0.3) is 0 Å². The summed E-state index contributed by atoms with van der Waals surface area (Å²) in [4.78, 5) is 50.2. The smallest absolute Gasteiger partial charge is 0.250 e. The van der Waals surface area contributed by atoms with Crippen molar-refractivity contribution in [1.29, 1.82) is 0 Å². The van der Waals surface area contributed by atoms with Gasteiger partial charge in [0.15, 0.2) is 5.78 Å². The van der Waals surface area contributed by atoms with Crippen LogP contribution in [0, 0.1) is 19.8 Å². The van der Waals surface area contributed by atoms with Gasteiger partial charge in [-0.25, -0.2) is 0 Å². The summed E-state index contributed by atoms with van der Waals surface area (Å²) in [6.07, 6.45) is 9.12. The number of amides is 3. The fourth-order valence-corrected chi connectivity index (χ4v) is 3.15. The van der Waals surface area contributed by atoms with Gasteiger partial charge in [0.1, 0.15) is 6.04 Å². The molecule has 0 aliphatic heterocycles. The maximum Gasteiger partial charge on any atom is 0.250 e. The highest BCUT2D eigenvalue weighted by Crippen LogP contribution is 2.19. The van der Waals surface area contributed by atoms with E-state index in [0.717, 1.165) is 5.56 Å².